The lowest BCUT2D eigenvalue weighted by Crippen LogP contribution is -2.39. The summed E-state index contributed by atoms with van der Waals surface area (Å²) >= 11 is 0. The fourth-order valence-electron chi connectivity index (χ4n) is 2.72. The van der Waals surface area contributed by atoms with Crippen LogP contribution in [0.5, 0.6) is 0 Å². The van der Waals surface area contributed by atoms with Gasteiger partial charge in [-0.05, 0) is 32.7 Å². The molecule has 1 saturated heterocycles. The lowest BCUT2D eigenvalue weighted by atomic mass is 9.84. The van der Waals surface area contributed by atoms with Gasteiger partial charge >= 0.3 is 0 Å². The first-order chi connectivity index (χ1) is 6.27. The zero-order chi connectivity index (χ0) is 9.26. The van der Waals surface area contributed by atoms with E-state index < -0.39 is 0 Å². The molecule has 1 aliphatic carbocycles. The van der Waals surface area contributed by atoms with Crippen molar-refractivity contribution in [2.45, 2.75) is 44.7 Å². The molecule has 2 rings (SSSR count). The monoisotopic (exact) mass is 182 g/mol. The van der Waals surface area contributed by atoms with E-state index in [-0.39, 0.29) is 0 Å². The second-order valence-electron chi connectivity index (χ2n) is 4.85. The van der Waals surface area contributed by atoms with E-state index in [0.717, 1.165) is 12.0 Å². The summed E-state index contributed by atoms with van der Waals surface area (Å²) in [6.45, 7) is 4.81. The molecule has 1 heterocycles. The van der Waals surface area contributed by atoms with Gasteiger partial charge in [-0.3, -0.25) is 0 Å². The van der Waals surface area contributed by atoms with E-state index in [1.807, 2.05) is 0 Å². The summed E-state index contributed by atoms with van der Waals surface area (Å²) in [6, 6.07) is 1.53. The number of nitrogens with one attached hydrogen (secondary N) is 1. The van der Waals surface area contributed by atoms with Crippen LogP contribution in [0.1, 0.15) is 32.6 Å². The summed E-state index contributed by atoms with van der Waals surface area (Å²) in [5.41, 5.74) is 0. The minimum Gasteiger partial charge on any atom is -0.312 e. The van der Waals surface area contributed by atoms with Crippen LogP contribution in [0.4, 0.5) is 0 Å². The SMILES string of the molecule is CC1CNC2CCCCC2CN1C. The molecule has 0 bridgehead atoms. The molecule has 0 aromatic rings. The highest BCUT2D eigenvalue weighted by atomic mass is 15.2. The molecule has 13 heavy (non-hydrogen) atoms. The topological polar surface area (TPSA) is 15.3 Å². The molecule has 0 amide bonds. The van der Waals surface area contributed by atoms with Gasteiger partial charge in [-0.15, -0.1) is 0 Å². The van der Waals surface area contributed by atoms with Crippen molar-refractivity contribution < 1.29 is 0 Å². The van der Waals surface area contributed by atoms with Crippen molar-refractivity contribution in [3.63, 3.8) is 0 Å². The van der Waals surface area contributed by atoms with Crippen LogP contribution >= 0.6 is 0 Å². The van der Waals surface area contributed by atoms with E-state index in [4.69, 9.17) is 0 Å². The lowest BCUT2D eigenvalue weighted by Gasteiger charge is -2.31. The van der Waals surface area contributed by atoms with Gasteiger partial charge in [-0.1, -0.05) is 12.8 Å². The van der Waals surface area contributed by atoms with Crippen molar-refractivity contribution >= 4 is 0 Å². The average Bonchev–Trinajstić information content (AvgIpc) is 2.28. The van der Waals surface area contributed by atoms with E-state index >= 15 is 0 Å². The predicted molar refractivity (Wildman–Crippen MR) is 55.8 cm³/mol. The van der Waals surface area contributed by atoms with Crippen LogP contribution in [0.15, 0.2) is 0 Å². The van der Waals surface area contributed by atoms with Crippen LogP contribution in [0.3, 0.4) is 0 Å². The Hall–Kier alpha value is -0.0800. The van der Waals surface area contributed by atoms with E-state index in [2.05, 4.69) is 24.2 Å². The molecule has 3 unspecified atom stereocenters. The molecule has 2 heteroatoms. The Morgan fingerprint density at radius 1 is 1.23 bits per heavy atom. The molecule has 1 aliphatic heterocycles. The van der Waals surface area contributed by atoms with Gasteiger partial charge in [0.2, 0.25) is 0 Å². The van der Waals surface area contributed by atoms with Crippen LogP contribution in [-0.2, 0) is 0 Å². The fraction of sp³-hybridized carbons (Fsp3) is 1.00. The molecule has 76 valence electrons. The molecule has 0 radical (unpaired) electrons. The first kappa shape index (κ1) is 9.47. The van der Waals surface area contributed by atoms with Crippen molar-refractivity contribution in [3.05, 3.63) is 0 Å². The molecule has 2 aliphatic rings. The van der Waals surface area contributed by atoms with Crippen LogP contribution in [0.25, 0.3) is 0 Å². The Bertz CT molecular complexity index is 169. The van der Waals surface area contributed by atoms with E-state index in [9.17, 15) is 0 Å². The second kappa shape index (κ2) is 3.97. The van der Waals surface area contributed by atoms with E-state index in [0.29, 0.717) is 6.04 Å². The molecular weight excluding hydrogens is 160 g/mol. The minimum atomic E-state index is 0.714. The summed E-state index contributed by atoms with van der Waals surface area (Å²) in [7, 11) is 2.27. The number of rotatable bonds is 0. The van der Waals surface area contributed by atoms with Crippen LogP contribution in [-0.4, -0.2) is 37.1 Å². The van der Waals surface area contributed by atoms with Crippen molar-refractivity contribution in [2.24, 2.45) is 5.92 Å². The molecule has 3 atom stereocenters. The van der Waals surface area contributed by atoms with Gasteiger partial charge in [0.05, 0.1) is 0 Å². The third-order valence-electron chi connectivity index (χ3n) is 3.86. The van der Waals surface area contributed by atoms with Gasteiger partial charge < -0.3 is 10.2 Å². The third-order valence-corrected chi connectivity index (χ3v) is 3.86. The molecule has 0 aromatic carbocycles. The summed E-state index contributed by atoms with van der Waals surface area (Å²) < 4.78 is 0. The van der Waals surface area contributed by atoms with Crippen molar-refractivity contribution in [2.75, 3.05) is 20.1 Å². The van der Waals surface area contributed by atoms with Crippen LogP contribution in [0.2, 0.25) is 0 Å². The van der Waals surface area contributed by atoms with Crippen LogP contribution in [0, 0.1) is 5.92 Å². The number of nitrogens with zero attached hydrogens (tertiary/aromatic N) is 1. The first-order valence-corrected chi connectivity index (χ1v) is 5.71. The maximum Gasteiger partial charge on any atom is 0.0189 e. The molecule has 1 saturated carbocycles. The van der Waals surface area contributed by atoms with E-state index in [1.54, 1.807) is 0 Å². The third kappa shape index (κ3) is 2.05. The van der Waals surface area contributed by atoms with Crippen molar-refractivity contribution in [1.82, 2.24) is 10.2 Å². The number of fused-ring (bicyclic) bond motifs is 1. The largest absolute Gasteiger partial charge is 0.312 e. The van der Waals surface area contributed by atoms with Crippen LogP contribution < -0.4 is 5.32 Å². The number of hydrogen-bond acceptors (Lipinski definition) is 2. The molecular formula is C11H22N2. The van der Waals surface area contributed by atoms with Gasteiger partial charge in [-0.25, -0.2) is 0 Å². The molecule has 0 spiro atoms. The van der Waals surface area contributed by atoms with Gasteiger partial charge in [-0.2, -0.15) is 0 Å². The quantitative estimate of drug-likeness (QED) is 0.610. The molecule has 2 fully saturated rings. The lowest BCUT2D eigenvalue weighted by molar-refractivity contribution is 0.209. The van der Waals surface area contributed by atoms with Gasteiger partial charge in [0, 0.05) is 25.2 Å². The summed E-state index contributed by atoms with van der Waals surface area (Å²) in [5.74, 6) is 0.920. The Balaban J connectivity index is 2.00. The summed E-state index contributed by atoms with van der Waals surface area (Å²) in [6.07, 6.45) is 5.73. The first-order valence-electron chi connectivity index (χ1n) is 5.71. The highest BCUT2D eigenvalue weighted by Gasteiger charge is 2.29. The van der Waals surface area contributed by atoms with Gasteiger partial charge in [0.1, 0.15) is 0 Å². The highest BCUT2D eigenvalue weighted by Crippen LogP contribution is 2.27. The average molecular weight is 182 g/mol. The molecule has 1 N–H and O–H groups in total. The Kier molecular flexibility index (Phi) is 2.89. The van der Waals surface area contributed by atoms with Crippen molar-refractivity contribution in [3.8, 4) is 0 Å². The normalized spacial score (nSPS) is 42.5. The Morgan fingerprint density at radius 2 is 2.00 bits per heavy atom. The smallest absolute Gasteiger partial charge is 0.0189 e. The number of likely N-dealkylation sites (N-methyl/N-ethyl adjacent to an activating group) is 1. The zero-order valence-electron chi connectivity index (χ0n) is 8.92. The fourth-order valence-corrected chi connectivity index (χ4v) is 2.72. The van der Waals surface area contributed by atoms with E-state index in [1.165, 1.54) is 38.8 Å². The second-order valence-corrected chi connectivity index (χ2v) is 4.85. The highest BCUT2D eigenvalue weighted by molar-refractivity contribution is 4.87. The maximum atomic E-state index is 3.72. The molecule has 2 nitrogen and oxygen atoms in total. The maximum absolute atomic E-state index is 3.72. The van der Waals surface area contributed by atoms with Gasteiger partial charge in [0.25, 0.3) is 0 Å². The van der Waals surface area contributed by atoms with Gasteiger partial charge in [0.15, 0.2) is 0 Å². The Labute approximate surface area is 81.7 Å². The number of hydrogen-bond donors (Lipinski definition) is 1. The van der Waals surface area contributed by atoms with Crippen molar-refractivity contribution in [1.29, 1.82) is 0 Å². The summed E-state index contributed by atoms with van der Waals surface area (Å²) in [5, 5.41) is 3.72. The summed E-state index contributed by atoms with van der Waals surface area (Å²) in [4.78, 5) is 2.52. The Morgan fingerprint density at radius 3 is 2.85 bits per heavy atom. The zero-order valence-corrected chi connectivity index (χ0v) is 8.92. The predicted octanol–water partition coefficient (Wildman–Crippen LogP) is 1.47. The molecule has 0 aromatic heterocycles. The standard InChI is InChI=1S/C11H22N2/c1-9-7-12-11-6-4-3-5-10(11)8-13(9)2/h9-12H,3-8H2,1-2H3. The minimum absolute atomic E-state index is 0.714.